The van der Waals surface area contributed by atoms with Crippen LogP contribution in [0.25, 0.3) is 0 Å². The molecule has 2 fully saturated rings. The van der Waals surface area contributed by atoms with Crippen molar-refractivity contribution in [2.24, 2.45) is 11.3 Å². The zero-order valence-electron chi connectivity index (χ0n) is 21.7. The van der Waals surface area contributed by atoms with Gasteiger partial charge < -0.3 is 15.2 Å². The lowest BCUT2D eigenvalue weighted by Gasteiger charge is -2.44. The van der Waals surface area contributed by atoms with E-state index in [4.69, 9.17) is 4.74 Å². The number of allylic oxidation sites excluding steroid dienone is 1. The largest absolute Gasteiger partial charge is 0.504 e. The van der Waals surface area contributed by atoms with Crippen LogP contribution in [0, 0.1) is 11.3 Å². The highest BCUT2D eigenvalue weighted by Gasteiger charge is 2.59. The molecular formula is C28H30F8N2O2. The highest BCUT2D eigenvalue weighted by molar-refractivity contribution is 5.41. The van der Waals surface area contributed by atoms with Crippen molar-refractivity contribution in [2.75, 3.05) is 20.2 Å². The van der Waals surface area contributed by atoms with Crippen molar-refractivity contribution in [3.8, 4) is 11.5 Å². The molecule has 1 unspecified atom stereocenters. The second-order valence-corrected chi connectivity index (χ2v) is 10.7. The zero-order valence-corrected chi connectivity index (χ0v) is 21.7. The van der Waals surface area contributed by atoms with Gasteiger partial charge in [-0.2, -0.15) is 26.3 Å². The molecule has 1 heterocycles. The summed E-state index contributed by atoms with van der Waals surface area (Å²) in [4.78, 5) is 2.10. The minimum Gasteiger partial charge on any atom is -0.504 e. The van der Waals surface area contributed by atoms with Crippen molar-refractivity contribution in [3.63, 3.8) is 0 Å². The van der Waals surface area contributed by atoms with Crippen molar-refractivity contribution in [1.29, 1.82) is 0 Å². The molecule has 4 nitrogen and oxygen atoms in total. The lowest BCUT2D eigenvalue weighted by atomic mass is 9.71. The summed E-state index contributed by atoms with van der Waals surface area (Å²) >= 11 is 0. The Bertz CT molecular complexity index is 1200. The van der Waals surface area contributed by atoms with Crippen LogP contribution in [0.1, 0.15) is 47.9 Å². The van der Waals surface area contributed by atoms with Crippen LogP contribution < -0.4 is 10.1 Å². The van der Waals surface area contributed by atoms with E-state index >= 15 is 0 Å². The van der Waals surface area contributed by atoms with Crippen LogP contribution in [-0.4, -0.2) is 36.1 Å². The molecule has 1 saturated heterocycles. The summed E-state index contributed by atoms with van der Waals surface area (Å²) in [5, 5.41) is 12.7. The number of rotatable bonds is 9. The Morgan fingerprint density at radius 1 is 1.00 bits per heavy atom. The molecule has 2 aromatic carbocycles. The normalized spacial score (nSPS) is 20.7. The van der Waals surface area contributed by atoms with Crippen molar-refractivity contribution >= 4 is 0 Å². The van der Waals surface area contributed by atoms with Gasteiger partial charge in [0.25, 0.3) is 5.92 Å². The number of ether oxygens (including phenoxy) is 1. The average Bonchev–Trinajstić information content (AvgIpc) is 3.48. The summed E-state index contributed by atoms with van der Waals surface area (Å²) in [7, 11) is 1.43. The fourth-order valence-corrected chi connectivity index (χ4v) is 5.33. The van der Waals surface area contributed by atoms with Crippen molar-refractivity contribution < 1.29 is 45.0 Å². The lowest BCUT2D eigenvalue weighted by molar-refractivity contribution is -0.143. The van der Waals surface area contributed by atoms with Crippen LogP contribution in [-0.2, 0) is 25.4 Å². The second-order valence-electron chi connectivity index (χ2n) is 10.7. The van der Waals surface area contributed by atoms with E-state index in [9.17, 15) is 40.2 Å². The molecule has 0 spiro atoms. The van der Waals surface area contributed by atoms with E-state index < -0.39 is 40.7 Å². The molecule has 1 saturated carbocycles. The van der Waals surface area contributed by atoms with Gasteiger partial charge in [0.2, 0.25) is 0 Å². The highest BCUT2D eigenvalue weighted by atomic mass is 19.4. The van der Waals surface area contributed by atoms with Crippen LogP contribution in [0.3, 0.4) is 0 Å². The Labute approximate surface area is 226 Å². The molecule has 220 valence electrons. The van der Waals surface area contributed by atoms with E-state index in [0.717, 1.165) is 5.56 Å². The minimum absolute atomic E-state index is 0.000212. The van der Waals surface area contributed by atoms with Crippen LogP contribution in [0.4, 0.5) is 35.1 Å². The van der Waals surface area contributed by atoms with Gasteiger partial charge in [-0.1, -0.05) is 12.6 Å². The summed E-state index contributed by atoms with van der Waals surface area (Å²) < 4.78 is 113. The molecular weight excluding hydrogens is 548 g/mol. The number of phenolic OH excluding ortho intramolecular Hbond substituents is 1. The Morgan fingerprint density at radius 3 is 2.08 bits per heavy atom. The second kappa shape index (κ2) is 10.8. The maximum Gasteiger partial charge on any atom is 0.416 e. The van der Waals surface area contributed by atoms with Gasteiger partial charge in [-0.25, -0.2) is 8.78 Å². The van der Waals surface area contributed by atoms with Gasteiger partial charge in [-0.3, -0.25) is 4.90 Å². The first-order valence-electron chi connectivity index (χ1n) is 12.7. The van der Waals surface area contributed by atoms with Gasteiger partial charge in [0, 0.05) is 36.5 Å². The summed E-state index contributed by atoms with van der Waals surface area (Å²) in [6, 6.07) is 6.31. The third-order valence-electron chi connectivity index (χ3n) is 7.85. The van der Waals surface area contributed by atoms with Gasteiger partial charge in [-0.05, 0) is 73.8 Å². The van der Waals surface area contributed by atoms with Gasteiger partial charge in [0.15, 0.2) is 11.5 Å². The number of nitrogens with zero attached hydrogens (tertiary/aromatic N) is 1. The van der Waals surface area contributed by atoms with Crippen LogP contribution >= 0.6 is 0 Å². The monoisotopic (exact) mass is 578 g/mol. The standard InChI is InChI=1S/C28H30F8N2O2/c1-17(37-15-19-9-20(27(31,32)33)12-21(10-19)28(34,35)36)25(13-22-14-26(22,29)30)5-7-38(8-6-25)16-18-3-4-23(39)24(11-18)40-2/h3-4,9-12,22,37,39H,1,5-8,13-16H2,2H3. The molecule has 40 heavy (non-hydrogen) atoms. The predicted octanol–water partition coefficient (Wildman–Crippen LogP) is 7.37. The van der Waals surface area contributed by atoms with Gasteiger partial charge in [0.05, 0.1) is 18.2 Å². The van der Waals surface area contributed by atoms with Gasteiger partial charge >= 0.3 is 12.4 Å². The quantitative estimate of drug-likeness (QED) is 0.305. The smallest absolute Gasteiger partial charge is 0.416 e. The molecule has 1 aliphatic heterocycles. The van der Waals surface area contributed by atoms with Crippen LogP contribution in [0.2, 0.25) is 0 Å². The number of likely N-dealkylation sites (tertiary alicyclic amines) is 1. The number of hydrogen-bond donors (Lipinski definition) is 2. The highest BCUT2D eigenvalue weighted by Crippen LogP contribution is 2.57. The molecule has 1 aliphatic carbocycles. The van der Waals surface area contributed by atoms with E-state index in [1.165, 1.54) is 13.2 Å². The first-order chi connectivity index (χ1) is 18.5. The number of hydrogen-bond acceptors (Lipinski definition) is 4. The van der Waals surface area contributed by atoms with Crippen LogP contribution in [0.15, 0.2) is 48.7 Å². The number of halogens is 8. The summed E-state index contributed by atoms with van der Waals surface area (Å²) in [5.41, 5.74) is -2.69. The molecule has 1 atom stereocenters. The molecule has 0 aromatic heterocycles. The molecule has 2 aromatic rings. The zero-order chi connectivity index (χ0) is 29.5. The first-order valence-corrected chi connectivity index (χ1v) is 12.7. The Kier molecular flexibility index (Phi) is 8.05. The van der Waals surface area contributed by atoms with Gasteiger partial charge in [-0.15, -0.1) is 0 Å². The number of alkyl halides is 8. The molecule has 4 rings (SSSR count). The van der Waals surface area contributed by atoms with Crippen molar-refractivity contribution in [2.45, 2.75) is 57.0 Å². The third-order valence-corrected chi connectivity index (χ3v) is 7.85. The number of piperidine rings is 1. The number of phenols is 1. The van der Waals surface area contributed by atoms with E-state index in [0.29, 0.717) is 56.1 Å². The molecule has 0 radical (unpaired) electrons. The predicted molar refractivity (Wildman–Crippen MR) is 132 cm³/mol. The molecule has 2 N–H and O–H groups in total. The minimum atomic E-state index is -4.97. The Hall–Kier alpha value is -3.02. The number of benzene rings is 2. The van der Waals surface area contributed by atoms with E-state index in [1.807, 2.05) is 0 Å². The molecule has 2 aliphatic rings. The maximum atomic E-state index is 13.9. The Morgan fingerprint density at radius 2 is 1.57 bits per heavy atom. The van der Waals surface area contributed by atoms with Gasteiger partial charge in [0.1, 0.15) is 0 Å². The summed E-state index contributed by atoms with van der Waals surface area (Å²) in [6.07, 6.45) is -9.24. The van der Waals surface area contributed by atoms with E-state index in [1.54, 1.807) is 12.1 Å². The van der Waals surface area contributed by atoms with Crippen molar-refractivity contribution in [1.82, 2.24) is 10.2 Å². The lowest BCUT2D eigenvalue weighted by Crippen LogP contribution is -2.43. The average molecular weight is 579 g/mol. The third kappa shape index (κ3) is 6.82. The maximum absolute atomic E-state index is 13.9. The molecule has 12 heteroatoms. The fraction of sp³-hybridized carbons (Fsp3) is 0.500. The summed E-state index contributed by atoms with van der Waals surface area (Å²) in [5.74, 6) is -3.33. The van der Waals surface area contributed by atoms with Crippen LogP contribution in [0.5, 0.6) is 11.5 Å². The first kappa shape index (κ1) is 30.0. The summed E-state index contributed by atoms with van der Waals surface area (Å²) in [6.45, 7) is 5.16. The molecule has 0 amide bonds. The number of aromatic hydroxyl groups is 1. The molecule has 0 bridgehead atoms. The SMILES string of the molecule is C=C(NCc1cc(C(F)(F)F)cc(C(F)(F)F)c1)C1(CC2CC2(F)F)CCN(Cc2ccc(O)c(OC)c2)CC1. The fourth-order valence-electron chi connectivity index (χ4n) is 5.33. The van der Waals surface area contributed by atoms with E-state index in [-0.39, 0.29) is 36.8 Å². The number of nitrogens with one attached hydrogen (secondary N) is 1. The number of methoxy groups -OCH3 is 1. The van der Waals surface area contributed by atoms with E-state index in [2.05, 4.69) is 16.8 Å². The topological polar surface area (TPSA) is 44.7 Å². The Balaban J connectivity index is 1.48. The van der Waals surface area contributed by atoms with Crippen molar-refractivity contribution in [3.05, 3.63) is 70.9 Å².